The van der Waals surface area contributed by atoms with E-state index in [2.05, 4.69) is 15.9 Å². The number of halogens is 4. The predicted octanol–water partition coefficient (Wildman–Crippen LogP) is 4.16. The standard InChI is InChI=1S/C14H16BrF3O3/c1-12(2,6-13(3,19)14(16,17)18)8-4-5-9(15)11-10(8)20-7-21-11/h4-5,19H,6-7H2,1-3H3. The van der Waals surface area contributed by atoms with Crippen LogP contribution in [0.3, 0.4) is 0 Å². The Hall–Kier alpha value is -0.950. The number of alkyl halides is 3. The molecule has 118 valence electrons. The van der Waals surface area contributed by atoms with E-state index in [-0.39, 0.29) is 6.79 Å². The van der Waals surface area contributed by atoms with Gasteiger partial charge >= 0.3 is 6.18 Å². The summed E-state index contributed by atoms with van der Waals surface area (Å²) in [6.07, 6.45) is -5.18. The summed E-state index contributed by atoms with van der Waals surface area (Å²) in [6.45, 7) is 4.08. The van der Waals surface area contributed by atoms with Crippen molar-refractivity contribution in [1.29, 1.82) is 0 Å². The molecule has 0 amide bonds. The van der Waals surface area contributed by atoms with Crippen molar-refractivity contribution in [3.05, 3.63) is 22.2 Å². The SMILES string of the molecule is CC(C)(CC(C)(O)C(F)(F)F)c1ccc(Br)c2c1OCO2. The average Bonchev–Trinajstić information content (AvgIpc) is 2.75. The minimum atomic E-state index is -4.69. The van der Waals surface area contributed by atoms with E-state index < -0.39 is 23.6 Å². The van der Waals surface area contributed by atoms with Crippen LogP contribution >= 0.6 is 15.9 Å². The molecule has 1 aromatic carbocycles. The normalized spacial score (nSPS) is 17.7. The number of aliphatic hydroxyl groups is 1. The van der Waals surface area contributed by atoms with Crippen molar-refractivity contribution in [3.63, 3.8) is 0 Å². The van der Waals surface area contributed by atoms with Crippen molar-refractivity contribution in [2.75, 3.05) is 6.79 Å². The fourth-order valence-corrected chi connectivity index (χ4v) is 2.98. The van der Waals surface area contributed by atoms with Gasteiger partial charge in [0.2, 0.25) is 6.79 Å². The number of benzene rings is 1. The zero-order valence-electron chi connectivity index (χ0n) is 11.8. The van der Waals surface area contributed by atoms with E-state index >= 15 is 0 Å². The quantitative estimate of drug-likeness (QED) is 0.870. The molecular weight excluding hydrogens is 353 g/mol. The van der Waals surface area contributed by atoms with Gasteiger partial charge in [0.25, 0.3) is 0 Å². The van der Waals surface area contributed by atoms with Crippen LogP contribution in [0.4, 0.5) is 13.2 Å². The Morgan fingerprint density at radius 3 is 2.29 bits per heavy atom. The third kappa shape index (κ3) is 2.99. The van der Waals surface area contributed by atoms with Crippen molar-refractivity contribution < 1.29 is 27.8 Å². The van der Waals surface area contributed by atoms with Gasteiger partial charge in [-0.15, -0.1) is 0 Å². The fraction of sp³-hybridized carbons (Fsp3) is 0.571. The van der Waals surface area contributed by atoms with Crippen molar-refractivity contribution >= 4 is 15.9 Å². The predicted molar refractivity (Wildman–Crippen MR) is 74.6 cm³/mol. The third-order valence-electron chi connectivity index (χ3n) is 3.60. The lowest BCUT2D eigenvalue weighted by Gasteiger charge is -2.35. The molecule has 2 rings (SSSR count). The van der Waals surface area contributed by atoms with Gasteiger partial charge in [-0.2, -0.15) is 13.2 Å². The summed E-state index contributed by atoms with van der Waals surface area (Å²) in [5.41, 5.74) is -3.16. The number of hydrogen-bond donors (Lipinski definition) is 1. The first kappa shape index (κ1) is 16.4. The Kier molecular flexibility index (Phi) is 3.95. The number of ether oxygens (including phenoxy) is 2. The first-order valence-corrected chi connectivity index (χ1v) is 7.13. The maximum absolute atomic E-state index is 12.9. The second-order valence-corrected chi connectivity index (χ2v) is 6.85. The van der Waals surface area contributed by atoms with Crippen LogP contribution in [0.25, 0.3) is 0 Å². The molecule has 1 unspecified atom stereocenters. The average molecular weight is 369 g/mol. The highest BCUT2D eigenvalue weighted by Gasteiger charge is 2.52. The first-order chi connectivity index (χ1) is 9.46. The van der Waals surface area contributed by atoms with Crippen LogP contribution < -0.4 is 9.47 Å². The van der Waals surface area contributed by atoms with Gasteiger partial charge in [-0.3, -0.25) is 0 Å². The first-order valence-electron chi connectivity index (χ1n) is 6.33. The van der Waals surface area contributed by atoms with Gasteiger partial charge in [0.15, 0.2) is 17.1 Å². The Bertz CT molecular complexity index is 553. The smallest absolute Gasteiger partial charge is 0.416 e. The molecule has 0 fully saturated rings. The highest BCUT2D eigenvalue weighted by Crippen LogP contribution is 2.49. The Morgan fingerprint density at radius 1 is 1.14 bits per heavy atom. The van der Waals surface area contributed by atoms with Gasteiger partial charge < -0.3 is 14.6 Å². The molecule has 1 aliphatic heterocycles. The lowest BCUT2D eigenvalue weighted by molar-refractivity contribution is -0.259. The molecular formula is C14H16BrF3O3. The Morgan fingerprint density at radius 2 is 1.71 bits per heavy atom. The van der Waals surface area contributed by atoms with Crippen molar-refractivity contribution in [1.82, 2.24) is 0 Å². The fourth-order valence-electron chi connectivity index (χ4n) is 2.55. The van der Waals surface area contributed by atoms with Gasteiger partial charge in [-0.05, 0) is 40.8 Å². The molecule has 3 nitrogen and oxygen atoms in total. The highest BCUT2D eigenvalue weighted by atomic mass is 79.9. The molecule has 1 atom stereocenters. The van der Waals surface area contributed by atoms with Crippen LogP contribution in [-0.2, 0) is 5.41 Å². The summed E-state index contributed by atoms with van der Waals surface area (Å²) in [4.78, 5) is 0. The van der Waals surface area contributed by atoms with Gasteiger partial charge in [-0.1, -0.05) is 19.9 Å². The lowest BCUT2D eigenvalue weighted by atomic mass is 9.75. The summed E-state index contributed by atoms with van der Waals surface area (Å²) in [5.74, 6) is 0.902. The van der Waals surface area contributed by atoms with E-state index in [9.17, 15) is 18.3 Å². The largest absolute Gasteiger partial charge is 0.453 e. The van der Waals surface area contributed by atoms with E-state index in [0.717, 1.165) is 6.92 Å². The van der Waals surface area contributed by atoms with Crippen LogP contribution in [0.15, 0.2) is 16.6 Å². The van der Waals surface area contributed by atoms with Crippen LogP contribution in [0.1, 0.15) is 32.8 Å². The molecule has 1 N–H and O–H groups in total. The summed E-state index contributed by atoms with van der Waals surface area (Å²) < 4.78 is 50.1. The van der Waals surface area contributed by atoms with Gasteiger partial charge in [-0.25, -0.2) is 0 Å². The number of hydrogen-bond acceptors (Lipinski definition) is 3. The second-order valence-electron chi connectivity index (χ2n) is 5.99. The number of fused-ring (bicyclic) bond motifs is 1. The molecule has 0 saturated heterocycles. The molecule has 21 heavy (non-hydrogen) atoms. The van der Waals surface area contributed by atoms with Gasteiger partial charge in [0, 0.05) is 5.56 Å². The molecule has 0 spiro atoms. The van der Waals surface area contributed by atoms with E-state index in [1.165, 1.54) is 0 Å². The molecule has 0 aliphatic carbocycles. The minimum absolute atomic E-state index is 0.0245. The maximum Gasteiger partial charge on any atom is 0.416 e. The Balaban J connectivity index is 2.40. The van der Waals surface area contributed by atoms with Crippen LogP contribution in [0.5, 0.6) is 11.5 Å². The van der Waals surface area contributed by atoms with E-state index in [1.807, 2.05) is 0 Å². The van der Waals surface area contributed by atoms with Gasteiger partial charge in [0.1, 0.15) is 0 Å². The summed E-state index contributed by atoms with van der Waals surface area (Å²) in [5, 5.41) is 9.74. The van der Waals surface area contributed by atoms with Crippen molar-refractivity contribution in [2.24, 2.45) is 0 Å². The van der Waals surface area contributed by atoms with Crippen LogP contribution in [0, 0.1) is 0 Å². The zero-order chi connectivity index (χ0) is 16.1. The van der Waals surface area contributed by atoms with Gasteiger partial charge in [0.05, 0.1) is 4.47 Å². The zero-order valence-corrected chi connectivity index (χ0v) is 13.4. The molecule has 0 aromatic heterocycles. The molecule has 1 aliphatic rings. The minimum Gasteiger partial charge on any atom is -0.453 e. The van der Waals surface area contributed by atoms with Crippen LogP contribution in [-0.4, -0.2) is 23.7 Å². The van der Waals surface area contributed by atoms with E-state index in [0.29, 0.717) is 21.5 Å². The summed E-state index contributed by atoms with van der Waals surface area (Å²) in [7, 11) is 0. The molecule has 0 saturated carbocycles. The summed E-state index contributed by atoms with van der Waals surface area (Å²) in [6, 6.07) is 3.39. The highest BCUT2D eigenvalue weighted by molar-refractivity contribution is 9.10. The van der Waals surface area contributed by atoms with Crippen molar-refractivity contribution in [3.8, 4) is 11.5 Å². The topological polar surface area (TPSA) is 38.7 Å². The van der Waals surface area contributed by atoms with Crippen molar-refractivity contribution in [2.45, 2.75) is 44.4 Å². The van der Waals surface area contributed by atoms with Crippen LogP contribution in [0.2, 0.25) is 0 Å². The van der Waals surface area contributed by atoms with E-state index in [4.69, 9.17) is 9.47 Å². The number of rotatable bonds is 3. The molecule has 7 heteroatoms. The molecule has 0 radical (unpaired) electrons. The molecule has 1 heterocycles. The monoisotopic (exact) mass is 368 g/mol. The second kappa shape index (κ2) is 5.05. The Labute approximate surface area is 129 Å². The summed E-state index contributed by atoms with van der Waals surface area (Å²) >= 11 is 3.31. The van der Waals surface area contributed by atoms with E-state index in [1.54, 1.807) is 26.0 Å². The lowest BCUT2D eigenvalue weighted by Crippen LogP contribution is -2.46. The molecule has 1 aromatic rings. The maximum atomic E-state index is 12.9. The third-order valence-corrected chi connectivity index (χ3v) is 4.22. The molecule has 0 bridgehead atoms.